The molecule has 4 rings (SSSR count). The van der Waals surface area contributed by atoms with Crippen LogP contribution in [0.25, 0.3) is 0 Å². The Balaban J connectivity index is 1.76. The van der Waals surface area contributed by atoms with Gasteiger partial charge in [-0.05, 0) is 54.8 Å². The predicted molar refractivity (Wildman–Crippen MR) is 60.3 cm³/mol. The molecule has 1 N–H and O–H groups in total. The van der Waals surface area contributed by atoms with E-state index in [1.807, 2.05) is 0 Å². The number of aliphatic carboxylic acids is 1. The monoisotopic (exact) mass is 234 g/mol. The van der Waals surface area contributed by atoms with Crippen molar-refractivity contribution in [3.8, 4) is 0 Å². The smallest absolute Gasteiger partial charge is 0.303 e. The third kappa shape index (κ3) is 0.962. The van der Waals surface area contributed by atoms with Gasteiger partial charge >= 0.3 is 5.97 Å². The molecule has 4 saturated carbocycles. The maximum absolute atomic E-state index is 12.0. The van der Waals surface area contributed by atoms with Crippen LogP contribution in [0, 0.1) is 28.6 Å². The molecule has 0 saturated heterocycles. The molecular formula is C14H18O3. The van der Waals surface area contributed by atoms with Crippen molar-refractivity contribution in [1.82, 2.24) is 0 Å². The number of rotatable bonds is 2. The summed E-state index contributed by atoms with van der Waals surface area (Å²) in [6.07, 6.45) is 6.43. The van der Waals surface area contributed by atoms with Gasteiger partial charge in [-0.3, -0.25) is 9.59 Å². The van der Waals surface area contributed by atoms with Gasteiger partial charge in [0, 0.05) is 12.3 Å². The van der Waals surface area contributed by atoms with Crippen molar-refractivity contribution in [1.29, 1.82) is 0 Å². The van der Waals surface area contributed by atoms with E-state index < -0.39 is 5.97 Å². The minimum Gasteiger partial charge on any atom is -0.481 e. The summed E-state index contributed by atoms with van der Waals surface area (Å²) < 4.78 is 0. The molecule has 0 aromatic heterocycles. The molecular weight excluding hydrogens is 216 g/mol. The summed E-state index contributed by atoms with van der Waals surface area (Å²) in [6.45, 7) is 0. The van der Waals surface area contributed by atoms with E-state index >= 15 is 0 Å². The van der Waals surface area contributed by atoms with Crippen LogP contribution in [0.2, 0.25) is 0 Å². The Hall–Kier alpha value is -0.860. The van der Waals surface area contributed by atoms with Crippen LogP contribution in [0.1, 0.15) is 44.9 Å². The van der Waals surface area contributed by atoms with Crippen LogP contribution in [-0.2, 0) is 9.59 Å². The summed E-state index contributed by atoms with van der Waals surface area (Å²) in [4.78, 5) is 23.2. The van der Waals surface area contributed by atoms with Gasteiger partial charge < -0.3 is 5.11 Å². The van der Waals surface area contributed by atoms with Crippen molar-refractivity contribution in [2.24, 2.45) is 28.6 Å². The first-order valence-corrected chi connectivity index (χ1v) is 6.84. The van der Waals surface area contributed by atoms with Crippen LogP contribution in [-0.4, -0.2) is 16.9 Å². The molecule has 0 radical (unpaired) electrons. The first-order valence-electron chi connectivity index (χ1n) is 6.84. The van der Waals surface area contributed by atoms with Crippen molar-refractivity contribution in [3.05, 3.63) is 0 Å². The van der Waals surface area contributed by atoms with Crippen LogP contribution in [0.4, 0.5) is 0 Å². The highest BCUT2D eigenvalue weighted by Crippen LogP contribution is 2.86. The molecule has 17 heavy (non-hydrogen) atoms. The Morgan fingerprint density at radius 2 is 2.24 bits per heavy atom. The highest BCUT2D eigenvalue weighted by molar-refractivity contribution is 5.83. The second-order valence-corrected chi connectivity index (χ2v) is 6.75. The zero-order valence-electron chi connectivity index (χ0n) is 9.95. The Morgan fingerprint density at radius 3 is 3.00 bits per heavy atom. The second-order valence-electron chi connectivity index (χ2n) is 6.75. The molecule has 4 fully saturated rings. The quantitative estimate of drug-likeness (QED) is 0.797. The first-order chi connectivity index (χ1) is 8.09. The number of Topliss-reactive ketones (excluding diaryl/α,β-unsaturated/α-hetero) is 1. The van der Waals surface area contributed by atoms with Crippen molar-refractivity contribution in [2.75, 3.05) is 0 Å². The molecule has 4 aliphatic rings. The summed E-state index contributed by atoms with van der Waals surface area (Å²) in [7, 11) is 0. The Bertz CT molecular complexity index is 429. The molecule has 0 amide bonds. The molecule has 2 bridgehead atoms. The van der Waals surface area contributed by atoms with E-state index in [0.29, 0.717) is 30.5 Å². The number of carboxylic acids is 1. The fourth-order valence-corrected chi connectivity index (χ4v) is 5.95. The van der Waals surface area contributed by atoms with Crippen LogP contribution in [0.15, 0.2) is 0 Å². The minimum absolute atomic E-state index is 0.0962. The third-order valence-electron chi connectivity index (χ3n) is 6.53. The summed E-state index contributed by atoms with van der Waals surface area (Å²) in [5.74, 6) is 1.20. The normalized spacial score (nSPS) is 54.4. The van der Waals surface area contributed by atoms with E-state index in [1.54, 1.807) is 0 Å². The number of carboxylic acid groups (broad SMARTS) is 1. The van der Waals surface area contributed by atoms with Crippen molar-refractivity contribution < 1.29 is 14.7 Å². The summed E-state index contributed by atoms with van der Waals surface area (Å²) >= 11 is 0. The Labute approximate surface area is 101 Å². The third-order valence-corrected chi connectivity index (χ3v) is 6.53. The molecule has 0 aromatic carbocycles. The van der Waals surface area contributed by atoms with Crippen LogP contribution in [0.5, 0.6) is 0 Å². The molecule has 0 aromatic rings. The zero-order chi connectivity index (χ0) is 11.8. The Kier molecular flexibility index (Phi) is 1.64. The van der Waals surface area contributed by atoms with E-state index in [0.717, 1.165) is 32.1 Å². The van der Waals surface area contributed by atoms with Crippen molar-refractivity contribution >= 4 is 11.8 Å². The van der Waals surface area contributed by atoms with E-state index in [1.165, 1.54) is 0 Å². The second kappa shape index (κ2) is 2.76. The zero-order valence-corrected chi connectivity index (χ0v) is 9.95. The van der Waals surface area contributed by atoms with Crippen molar-refractivity contribution in [3.63, 3.8) is 0 Å². The maximum atomic E-state index is 12.0. The Morgan fingerprint density at radius 1 is 1.41 bits per heavy atom. The number of ketones is 1. The lowest BCUT2D eigenvalue weighted by molar-refractivity contribution is -0.139. The van der Waals surface area contributed by atoms with Gasteiger partial charge in [-0.2, -0.15) is 0 Å². The average molecular weight is 234 g/mol. The van der Waals surface area contributed by atoms with E-state index in [9.17, 15) is 9.59 Å². The number of hydrogen-bond donors (Lipinski definition) is 1. The van der Waals surface area contributed by atoms with Crippen LogP contribution in [0.3, 0.4) is 0 Å². The molecule has 5 atom stereocenters. The number of hydrogen-bond acceptors (Lipinski definition) is 2. The standard InChI is InChI=1S/C14H18O3/c15-11-2-1-8-5-10-9(11)3-4-13(10)7-14(8,13)6-12(16)17/h8-10H,1-7H2,(H,16,17)/t8-,9-,10-,13-,14+/m1/s1. The molecule has 0 heterocycles. The van der Waals surface area contributed by atoms with E-state index in [4.69, 9.17) is 5.11 Å². The predicted octanol–water partition coefficient (Wildman–Crippen LogP) is 2.25. The first kappa shape index (κ1) is 10.1. The topological polar surface area (TPSA) is 54.4 Å². The van der Waals surface area contributed by atoms with Gasteiger partial charge in [-0.25, -0.2) is 0 Å². The minimum atomic E-state index is -0.636. The van der Waals surface area contributed by atoms with Gasteiger partial charge in [0.05, 0.1) is 6.42 Å². The van der Waals surface area contributed by atoms with Crippen LogP contribution < -0.4 is 0 Å². The lowest BCUT2D eigenvalue weighted by atomic mass is 9.80. The highest BCUT2D eigenvalue weighted by Gasteiger charge is 2.80. The van der Waals surface area contributed by atoms with Gasteiger partial charge in [0.1, 0.15) is 5.78 Å². The van der Waals surface area contributed by atoms with Crippen molar-refractivity contribution in [2.45, 2.75) is 44.9 Å². The van der Waals surface area contributed by atoms with Gasteiger partial charge in [0.15, 0.2) is 0 Å². The van der Waals surface area contributed by atoms with Crippen LogP contribution >= 0.6 is 0 Å². The molecule has 4 aliphatic carbocycles. The van der Waals surface area contributed by atoms with Gasteiger partial charge in [0.2, 0.25) is 0 Å². The lowest BCUT2D eigenvalue weighted by Gasteiger charge is -2.23. The number of carbonyl (C=O) groups excluding carboxylic acids is 1. The largest absolute Gasteiger partial charge is 0.481 e. The van der Waals surface area contributed by atoms with E-state index in [-0.39, 0.29) is 16.7 Å². The average Bonchev–Trinajstić information content (AvgIpc) is 2.66. The molecule has 0 aliphatic heterocycles. The SMILES string of the molecule is O=C(O)C[C@@]12C[C@@]13CC[C@H]1C(=O)CC[C@@H]2C[C@H]13. The molecule has 0 unspecified atom stereocenters. The molecule has 92 valence electrons. The molecule has 1 spiro atoms. The number of carbonyl (C=O) groups is 2. The summed E-state index contributed by atoms with van der Waals surface area (Å²) in [5.41, 5.74) is 0.371. The lowest BCUT2D eigenvalue weighted by Crippen LogP contribution is -2.24. The summed E-state index contributed by atoms with van der Waals surface area (Å²) in [5, 5.41) is 9.16. The van der Waals surface area contributed by atoms with Gasteiger partial charge in [-0.15, -0.1) is 0 Å². The molecule has 3 nitrogen and oxygen atoms in total. The van der Waals surface area contributed by atoms with Gasteiger partial charge in [-0.1, -0.05) is 0 Å². The highest BCUT2D eigenvalue weighted by atomic mass is 16.4. The fraction of sp³-hybridized carbons (Fsp3) is 0.857. The summed E-state index contributed by atoms with van der Waals surface area (Å²) in [6, 6.07) is 0. The van der Waals surface area contributed by atoms with E-state index in [2.05, 4.69) is 0 Å². The molecule has 3 heteroatoms. The number of fused-ring (bicyclic) bond motifs is 2. The fourth-order valence-electron chi connectivity index (χ4n) is 5.95. The maximum Gasteiger partial charge on any atom is 0.303 e. The van der Waals surface area contributed by atoms with Gasteiger partial charge in [0.25, 0.3) is 0 Å².